The minimum atomic E-state index is 0.850. The van der Waals surface area contributed by atoms with Crippen molar-refractivity contribution in [2.24, 2.45) is 10.8 Å². The molecule has 0 fully saturated rings. The average Bonchev–Trinajstić information content (AvgIpc) is 2.46. The van der Waals surface area contributed by atoms with Gasteiger partial charge in [0, 0.05) is 7.05 Å². The number of hydrogen-bond donors (Lipinski definition) is 1. The molecule has 3 nitrogen and oxygen atoms in total. The number of hydrogen-bond acceptors (Lipinski definition) is 3. The second-order valence-corrected chi connectivity index (χ2v) is 2.94. The summed E-state index contributed by atoms with van der Waals surface area (Å²) in [6, 6.07) is 8.09. The van der Waals surface area contributed by atoms with Gasteiger partial charge >= 0.3 is 0 Å². The Balaban J connectivity index is 2.35. The van der Waals surface area contributed by atoms with Crippen LogP contribution in [-0.2, 0) is 0 Å². The molecule has 0 atom stereocenters. The number of benzene rings is 1. The van der Waals surface area contributed by atoms with Crippen molar-refractivity contribution in [2.75, 3.05) is 7.05 Å². The van der Waals surface area contributed by atoms with Gasteiger partial charge in [0.25, 0.3) is 0 Å². The summed E-state index contributed by atoms with van der Waals surface area (Å²) in [5, 5.41) is 1.57. The molecular weight excluding hydrogens is 149 g/mol. The second kappa shape index (κ2) is 2.64. The third-order valence-corrected chi connectivity index (χ3v) is 2.00. The number of nitrogens with two attached hydrogens (primary N) is 1. The van der Waals surface area contributed by atoms with E-state index in [-0.39, 0.29) is 0 Å². The summed E-state index contributed by atoms with van der Waals surface area (Å²) in [6.45, 7) is 0. The smallest absolute Gasteiger partial charge is 0.242 e. The molecule has 0 spiro atoms. The van der Waals surface area contributed by atoms with Gasteiger partial charge in [0.05, 0.1) is 11.4 Å². The third kappa shape index (κ3) is 1.10. The standard InChI is InChI=1S/C8H10BN3/c1-12(10)8-9-6-4-2-3-5-7(6)11-8/h2-5,9H,10H2,1H3. The molecule has 2 rings (SSSR count). The average molecular weight is 159 g/mol. The molecule has 1 aliphatic heterocycles. The van der Waals surface area contributed by atoms with Crippen molar-refractivity contribution in [1.29, 1.82) is 0 Å². The van der Waals surface area contributed by atoms with E-state index in [0.717, 1.165) is 18.7 Å². The third-order valence-electron chi connectivity index (χ3n) is 2.00. The van der Waals surface area contributed by atoms with Crippen molar-refractivity contribution in [3.8, 4) is 0 Å². The van der Waals surface area contributed by atoms with Gasteiger partial charge < -0.3 is 5.01 Å². The van der Waals surface area contributed by atoms with Crippen LogP contribution >= 0.6 is 0 Å². The summed E-state index contributed by atoms with van der Waals surface area (Å²) >= 11 is 0. The van der Waals surface area contributed by atoms with Crippen LogP contribution in [0, 0.1) is 0 Å². The highest BCUT2D eigenvalue weighted by molar-refractivity contribution is 6.87. The Morgan fingerprint density at radius 3 is 2.83 bits per heavy atom. The zero-order valence-electron chi connectivity index (χ0n) is 6.99. The molecule has 0 aromatic heterocycles. The lowest BCUT2D eigenvalue weighted by Crippen LogP contribution is -2.38. The van der Waals surface area contributed by atoms with Crippen LogP contribution < -0.4 is 11.3 Å². The fraction of sp³-hybridized carbons (Fsp3) is 0.125. The van der Waals surface area contributed by atoms with Crippen LogP contribution in [0.2, 0.25) is 0 Å². The lowest BCUT2D eigenvalue weighted by molar-refractivity contribution is 0.549. The zero-order valence-corrected chi connectivity index (χ0v) is 6.99. The van der Waals surface area contributed by atoms with E-state index in [1.165, 1.54) is 5.46 Å². The molecule has 0 saturated heterocycles. The molecule has 1 aromatic rings. The predicted molar refractivity (Wildman–Crippen MR) is 52.3 cm³/mol. The molecule has 0 bridgehead atoms. The zero-order chi connectivity index (χ0) is 8.55. The Labute approximate surface area is 72.1 Å². The summed E-state index contributed by atoms with van der Waals surface area (Å²) in [4.78, 5) is 4.37. The Morgan fingerprint density at radius 1 is 1.42 bits per heavy atom. The normalized spacial score (nSPS) is 13.3. The number of para-hydroxylation sites is 1. The maximum atomic E-state index is 5.58. The molecule has 0 aliphatic carbocycles. The van der Waals surface area contributed by atoms with E-state index in [1.54, 1.807) is 5.01 Å². The van der Waals surface area contributed by atoms with Crippen molar-refractivity contribution >= 4 is 24.2 Å². The highest BCUT2D eigenvalue weighted by Gasteiger charge is 2.16. The lowest BCUT2D eigenvalue weighted by atomic mass is 9.70. The van der Waals surface area contributed by atoms with Crippen LogP contribution in [0.3, 0.4) is 0 Å². The molecule has 4 heteroatoms. The summed E-state index contributed by atoms with van der Waals surface area (Å²) in [6.07, 6.45) is 0. The summed E-state index contributed by atoms with van der Waals surface area (Å²) in [5.41, 5.74) is 3.23. The van der Waals surface area contributed by atoms with Gasteiger partial charge in [0.1, 0.15) is 0 Å². The Hall–Kier alpha value is -1.29. The molecule has 0 saturated carbocycles. The van der Waals surface area contributed by atoms with Crippen LogP contribution in [0.4, 0.5) is 5.69 Å². The van der Waals surface area contributed by atoms with Gasteiger partial charge in [0.2, 0.25) is 7.28 Å². The van der Waals surface area contributed by atoms with Crippen molar-refractivity contribution < 1.29 is 0 Å². The molecule has 0 radical (unpaired) electrons. The van der Waals surface area contributed by atoms with Gasteiger partial charge in [-0.15, -0.1) is 0 Å². The predicted octanol–water partition coefficient (Wildman–Crippen LogP) is -0.445. The highest BCUT2D eigenvalue weighted by atomic mass is 15.4. The lowest BCUT2D eigenvalue weighted by Gasteiger charge is -2.09. The molecule has 1 aliphatic rings. The number of fused-ring (bicyclic) bond motifs is 1. The number of rotatable bonds is 0. The maximum absolute atomic E-state index is 5.58. The summed E-state index contributed by atoms with van der Waals surface area (Å²) in [7, 11) is 2.66. The summed E-state index contributed by atoms with van der Waals surface area (Å²) in [5.74, 6) is 5.58. The number of hydrazine groups is 1. The van der Waals surface area contributed by atoms with E-state index in [2.05, 4.69) is 11.1 Å². The molecule has 2 N–H and O–H groups in total. The van der Waals surface area contributed by atoms with Crippen molar-refractivity contribution in [3.63, 3.8) is 0 Å². The fourth-order valence-electron chi connectivity index (χ4n) is 1.32. The number of nitrogens with zero attached hydrogens (tertiary/aromatic N) is 2. The highest BCUT2D eigenvalue weighted by Crippen LogP contribution is 2.12. The summed E-state index contributed by atoms with van der Waals surface area (Å²) < 4.78 is 0. The van der Waals surface area contributed by atoms with Crippen LogP contribution in [-0.4, -0.2) is 25.1 Å². The Morgan fingerprint density at radius 2 is 2.17 bits per heavy atom. The molecule has 0 unspecified atom stereocenters. The molecule has 12 heavy (non-hydrogen) atoms. The minimum absolute atomic E-state index is 0.850. The first-order valence-electron chi connectivity index (χ1n) is 3.91. The first-order chi connectivity index (χ1) is 5.77. The van der Waals surface area contributed by atoms with E-state index in [9.17, 15) is 0 Å². The van der Waals surface area contributed by atoms with E-state index < -0.39 is 0 Å². The van der Waals surface area contributed by atoms with Crippen molar-refractivity contribution in [1.82, 2.24) is 5.01 Å². The molecule has 1 heterocycles. The minimum Gasteiger partial charge on any atom is -0.310 e. The molecule has 0 amide bonds. The van der Waals surface area contributed by atoms with Gasteiger partial charge in [-0.25, -0.2) is 10.8 Å². The largest absolute Gasteiger partial charge is 0.310 e. The van der Waals surface area contributed by atoms with Crippen molar-refractivity contribution in [2.45, 2.75) is 0 Å². The first-order valence-corrected chi connectivity index (χ1v) is 3.91. The van der Waals surface area contributed by atoms with Crippen molar-refractivity contribution in [3.05, 3.63) is 24.3 Å². The fourth-order valence-corrected chi connectivity index (χ4v) is 1.32. The van der Waals surface area contributed by atoms with Crippen LogP contribution in [0.15, 0.2) is 29.3 Å². The van der Waals surface area contributed by atoms with Gasteiger partial charge in [-0.05, 0) is 11.5 Å². The van der Waals surface area contributed by atoms with E-state index in [4.69, 9.17) is 5.84 Å². The second-order valence-electron chi connectivity index (χ2n) is 2.94. The van der Waals surface area contributed by atoms with Crippen LogP contribution in [0.5, 0.6) is 0 Å². The molecular formula is C8H10BN3. The van der Waals surface area contributed by atoms with Gasteiger partial charge in [-0.3, -0.25) is 0 Å². The monoisotopic (exact) mass is 159 g/mol. The van der Waals surface area contributed by atoms with E-state index >= 15 is 0 Å². The SMILES string of the molecule is CN(N)C1=Nc2ccccc2B1. The topological polar surface area (TPSA) is 41.6 Å². The number of amidine groups is 1. The Kier molecular flexibility index (Phi) is 1.62. The van der Waals surface area contributed by atoms with Crippen LogP contribution in [0.25, 0.3) is 0 Å². The molecule has 60 valence electrons. The van der Waals surface area contributed by atoms with Gasteiger partial charge in [-0.2, -0.15) is 0 Å². The number of aliphatic imine (C=N–C) groups is 1. The Bertz CT molecular complexity index is 333. The van der Waals surface area contributed by atoms with Crippen LogP contribution in [0.1, 0.15) is 0 Å². The van der Waals surface area contributed by atoms with E-state index in [0.29, 0.717) is 0 Å². The van der Waals surface area contributed by atoms with Gasteiger partial charge in [0.15, 0.2) is 0 Å². The van der Waals surface area contributed by atoms with E-state index in [1.807, 2.05) is 25.2 Å². The quantitative estimate of drug-likeness (QED) is 0.316. The first kappa shape index (κ1) is 7.37. The van der Waals surface area contributed by atoms with Gasteiger partial charge in [-0.1, -0.05) is 18.2 Å². The maximum Gasteiger partial charge on any atom is 0.242 e. The molecule has 1 aromatic carbocycles.